The maximum absolute atomic E-state index is 13.9. The van der Waals surface area contributed by atoms with Crippen LogP contribution in [0.25, 0.3) is 0 Å². The highest BCUT2D eigenvalue weighted by molar-refractivity contribution is 6.14. The number of carbonyl (C=O) groups excluding carboxylic acids is 3. The Bertz CT molecular complexity index is 1160. The van der Waals surface area contributed by atoms with Gasteiger partial charge >= 0.3 is 6.09 Å². The molecule has 0 spiro atoms. The van der Waals surface area contributed by atoms with Gasteiger partial charge in [0.05, 0.1) is 13.0 Å². The van der Waals surface area contributed by atoms with Crippen LogP contribution in [0.3, 0.4) is 0 Å². The zero-order valence-corrected chi connectivity index (χ0v) is 17.4. The molecule has 158 valence electrons. The average molecular weight is 418 g/mol. The fourth-order valence-electron chi connectivity index (χ4n) is 4.25. The number of nitrogens with zero attached hydrogens (tertiary/aromatic N) is 3. The van der Waals surface area contributed by atoms with Gasteiger partial charge in [0.25, 0.3) is 5.91 Å². The number of fused-ring (bicyclic) bond motifs is 1. The maximum Gasteiger partial charge on any atom is 0.408 e. The first kappa shape index (κ1) is 20.3. The number of hydrogen-bond acceptors (Lipinski definition) is 5. The third-order valence-corrected chi connectivity index (χ3v) is 5.69. The lowest BCUT2D eigenvalue weighted by Gasteiger charge is -2.36. The summed E-state index contributed by atoms with van der Waals surface area (Å²) >= 11 is 0. The molecule has 31 heavy (non-hydrogen) atoms. The van der Waals surface area contributed by atoms with Gasteiger partial charge in [0.2, 0.25) is 5.78 Å². The summed E-state index contributed by atoms with van der Waals surface area (Å²) in [6.45, 7) is 0. The van der Waals surface area contributed by atoms with Gasteiger partial charge in [-0.1, -0.05) is 48.5 Å². The molecule has 1 aliphatic heterocycles. The van der Waals surface area contributed by atoms with E-state index in [2.05, 4.69) is 10.3 Å². The van der Waals surface area contributed by atoms with Crippen LogP contribution in [0.4, 0.5) is 10.5 Å². The van der Waals surface area contributed by atoms with Gasteiger partial charge in [-0.15, -0.1) is 0 Å². The van der Waals surface area contributed by atoms with Gasteiger partial charge in [0.15, 0.2) is 11.4 Å². The number of imidazole rings is 1. The molecular formula is C23H22N4O4. The molecule has 2 atom stereocenters. The van der Waals surface area contributed by atoms with Gasteiger partial charge in [0, 0.05) is 37.7 Å². The Labute approximate surface area is 179 Å². The third-order valence-electron chi connectivity index (χ3n) is 5.69. The number of ether oxygens (including phenoxy) is 1. The number of aromatic nitrogens is 2. The molecule has 1 aromatic heterocycles. The minimum atomic E-state index is -1.71. The fraction of sp³-hybridized carbons (Fsp3) is 0.217. The van der Waals surface area contributed by atoms with Crippen LogP contribution in [0.2, 0.25) is 0 Å². The van der Waals surface area contributed by atoms with Crippen LogP contribution in [0.1, 0.15) is 27.7 Å². The van der Waals surface area contributed by atoms with Crippen LogP contribution in [-0.4, -0.2) is 41.5 Å². The highest BCUT2D eigenvalue weighted by Gasteiger charge is 2.59. The Morgan fingerprint density at radius 2 is 1.74 bits per heavy atom. The maximum atomic E-state index is 13.9. The SMILES string of the molecule is COC(=O)N[C@@]1([C@H](C(=O)c2nccn2C)c2ccccc2)C(=O)N(C)c2ccccc21. The van der Waals surface area contributed by atoms with Crippen molar-refractivity contribution in [2.75, 3.05) is 19.1 Å². The van der Waals surface area contributed by atoms with E-state index in [4.69, 9.17) is 4.74 Å². The predicted molar refractivity (Wildman–Crippen MR) is 114 cm³/mol. The Morgan fingerprint density at radius 1 is 1.06 bits per heavy atom. The molecule has 8 nitrogen and oxygen atoms in total. The zero-order valence-electron chi connectivity index (χ0n) is 17.4. The zero-order chi connectivity index (χ0) is 22.2. The number of hydrogen-bond donors (Lipinski definition) is 1. The van der Waals surface area contributed by atoms with E-state index in [1.807, 2.05) is 6.07 Å². The molecule has 4 rings (SSSR count). The summed E-state index contributed by atoms with van der Waals surface area (Å²) < 4.78 is 6.46. The average Bonchev–Trinajstić information content (AvgIpc) is 3.31. The van der Waals surface area contributed by atoms with Crippen LogP contribution >= 0.6 is 0 Å². The van der Waals surface area contributed by atoms with Crippen molar-refractivity contribution in [1.29, 1.82) is 0 Å². The van der Waals surface area contributed by atoms with Crippen molar-refractivity contribution in [3.63, 3.8) is 0 Å². The molecule has 2 amide bonds. The molecule has 3 aromatic rings. The van der Waals surface area contributed by atoms with Crippen LogP contribution in [-0.2, 0) is 22.1 Å². The topological polar surface area (TPSA) is 93.5 Å². The molecule has 0 radical (unpaired) electrons. The van der Waals surface area contributed by atoms with Gasteiger partial charge < -0.3 is 19.5 Å². The quantitative estimate of drug-likeness (QED) is 0.643. The van der Waals surface area contributed by atoms with Gasteiger partial charge in [-0.25, -0.2) is 9.78 Å². The molecule has 2 heterocycles. The van der Waals surface area contributed by atoms with Crippen LogP contribution in [0, 0.1) is 0 Å². The number of para-hydroxylation sites is 1. The van der Waals surface area contributed by atoms with Crippen LogP contribution in [0.15, 0.2) is 67.0 Å². The standard InChI is InChI=1S/C23H22N4O4/c1-26-14-13-24-20(26)19(28)18(15-9-5-4-6-10-15)23(25-22(30)31-3)16-11-7-8-12-17(16)27(2)21(23)29/h4-14,18H,1-3H3,(H,25,30)/t18-,23-/m0/s1. The fourth-order valence-corrected chi connectivity index (χ4v) is 4.25. The van der Waals surface area contributed by atoms with E-state index in [9.17, 15) is 14.4 Å². The summed E-state index contributed by atoms with van der Waals surface area (Å²) in [7, 11) is 4.55. The monoisotopic (exact) mass is 418 g/mol. The molecule has 2 aromatic carbocycles. The van der Waals surface area contributed by atoms with Gasteiger partial charge in [-0.3, -0.25) is 9.59 Å². The van der Waals surface area contributed by atoms with Crippen molar-refractivity contribution >= 4 is 23.5 Å². The van der Waals surface area contributed by atoms with Crippen molar-refractivity contribution in [2.24, 2.45) is 7.05 Å². The molecule has 0 bridgehead atoms. The predicted octanol–water partition coefficient (Wildman–Crippen LogP) is 2.61. The summed E-state index contributed by atoms with van der Waals surface area (Å²) in [6, 6.07) is 16.0. The molecule has 1 aliphatic rings. The second-order valence-corrected chi connectivity index (χ2v) is 7.38. The lowest BCUT2D eigenvalue weighted by Crippen LogP contribution is -2.58. The second-order valence-electron chi connectivity index (χ2n) is 7.38. The number of nitrogens with one attached hydrogen (secondary N) is 1. The van der Waals surface area contributed by atoms with Crippen LogP contribution < -0.4 is 10.2 Å². The summed E-state index contributed by atoms with van der Waals surface area (Å²) in [5, 5.41) is 2.73. The number of aryl methyl sites for hydroxylation is 1. The van der Waals surface area contributed by atoms with E-state index in [1.54, 1.807) is 73.4 Å². The van der Waals surface area contributed by atoms with Crippen molar-refractivity contribution in [3.8, 4) is 0 Å². The van der Waals surface area contributed by atoms with Crippen molar-refractivity contribution < 1.29 is 19.1 Å². The number of anilines is 1. The number of amides is 2. The van der Waals surface area contributed by atoms with E-state index < -0.39 is 29.2 Å². The van der Waals surface area contributed by atoms with E-state index in [-0.39, 0.29) is 5.82 Å². The molecule has 0 fully saturated rings. The number of methoxy groups -OCH3 is 1. The number of carbonyl (C=O) groups is 3. The van der Waals surface area contributed by atoms with E-state index in [0.717, 1.165) is 0 Å². The molecular weight excluding hydrogens is 396 g/mol. The third kappa shape index (κ3) is 3.07. The number of alkyl carbamates (subject to hydrolysis) is 1. The van der Waals surface area contributed by atoms with Crippen molar-refractivity contribution in [3.05, 3.63) is 83.9 Å². The highest BCUT2D eigenvalue weighted by Crippen LogP contribution is 2.48. The van der Waals surface area contributed by atoms with Crippen molar-refractivity contribution in [2.45, 2.75) is 11.5 Å². The molecule has 0 aliphatic carbocycles. The molecule has 8 heteroatoms. The Hall–Kier alpha value is -3.94. The van der Waals surface area contributed by atoms with Gasteiger partial charge in [-0.05, 0) is 11.6 Å². The summed E-state index contributed by atoms with van der Waals surface area (Å²) in [5.41, 5.74) is -0.00447. The Kier molecular flexibility index (Phi) is 5.06. The Balaban J connectivity index is 2.03. The van der Waals surface area contributed by atoms with E-state index >= 15 is 0 Å². The first-order valence-electron chi connectivity index (χ1n) is 9.72. The molecule has 0 saturated heterocycles. The van der Waals surface area contributed by atoms with Gasteiger partial charge in [-0.2, -0.15) is 0 Å². The first-order chi connectivity index (χ1) is 14.9. The number of likely N-dealkylation sites (N-methyl/N-ethyl adjacent to an activating group) is 1. The summed E-state index contributed by atoms with van der Waals surface area (Å²) in [6.07, 6.45) is 2.37. The number of Topliss-reactive ketones (excluding diaryl/α,β-unsaturated/α-hetero) is 1. The van der Waals surface area contributed by atoms with E-state index in [0.29, 0.717) is 16.8 Å². The summed E-state index contributed by atoms with van der Waals surface area (Å²) in [4.78, 5) is 45.9. The lowest BCUT2D eigenvalue weighted by atomic mass is 9.72. The van der Waals surface area contributed by atoms with Gasteiger partial charge in [0.1, 0.15) is 0 Å². The van der Waals surface area contributed by atoms with Crippen molar-refractivity contribution in [1.82, 2.24) is 14.9 Å². The molecule has 0 unspecified atom stereocenters. The van der Waals surface area contributed by atoms with Crippen LogP contribution in [0.5, 0.6) is 0 Å². The number of ketones is 1. The normalized spacial score (nSPS) is 18.4. The minimum absolute atomic E-state index is 0.180. The molecule has 1 N–H and O–H groups in total. The first-order valence-corrected chi connectivity index (χ1v) is 9.72. The second kappa shape index (κ2) is 7.71. The highest BCUT2D eigenvalue weighted by atomic mass is 16.5. The summed E-state index contributed by atoms with van der Waals surface area (Å²) in [5.74, 6) is -1.73. The minimum Gasteiger partial charge on any atom is -0.453 e. The number of rotatable bonds is 5. The van der Waals surface area contributed by atoms with E-state index in [1.165, 1.54) is 18.2 Å². The largest absolute Gasteiger partial charge is 0.453 e. The number of benzene rings is 2. The lowest BCUT2D eigenvalue weighted by molar-refractivity contribution is -0.124. The molecule has 0 saturated carbocycles. The Morgan fingerprint density at radius 3 is 2.39 bits per heavy atom. The smallest absolute Gasteiger partial charge is 0.408 e.